The van der Waals surface area contributed by atoms with Crippen molar-refractivity contribution < 1.29 is 13.3 Å². The zero-order valence-electron chi connectivity index (χ0n) is 11.5. The van der Waals surface area contributed by atoms with Gasteiger partial charge in [-0.1, -0.05) is 13.8 Å². The van der Waals surface area contributed by atoms with Crippen molar-refractivity contribution in [2.75, 3.05) is 12.3 Å². The molecule has 0 heterocycles. The Kier molecular flexibility index (Phi) is 5.46. The number of nitro benzene ring substituents is 1. The molecule has 0 aliphatic carbocycles. The van der Waals surface area contributed by atoms with E-state index in [1.807, 2.05) is 13.8 Å². The summed E-state index contributed by atoms with van der Waals surface area (Å²) in [5.41, 5.74) is 5.28. The Hall–Kier alpha value is -1.67. The van der Waals surface area contributed by atoms with Crippen molar-refractivity contribution in [3.05, 3.63) is 28.3 Å². The summed E-state index contributed by atoms with van der Waals surface area (Å²) in [5.74, 6) is 0.488. The van der Waals surface area contributed by atoms with Gasteiger partial charge in [-0.25, -0.2) is 13.1 Å². The van der Waals surface area contributed by atoms with E-state index < -0.39 is 14.9 Å². The molecule has 112 valence electrons. The van der Waals surface area contributed by atoms with Gasteiger partial charge in [0.15, 0.2) is 0 Å². The highest BCUT2D eigenvalue weighted by Crippen LogP contribution is 2.23. The number of nitrogen functional groups attached to an aromatic ring is 1. The number of nitrogens with one attached hydrogen (secondary N) is 1. The van der Waals surface area contributed by atoms with Crippen molar-refractivity contribution in [2.24, 2.45) is 5.92 Å². The predicted octanol–water partition coefficient (Wildman–Crippen LogP) is 1.89. The van der Waals surface area contributed by atoms with E-state index in [1.54, 1.807) is 0 Å². The molecule has 7 nitrogen and oxygen atoms in total. The Morgan fingerprint density at radius 2 is 2.05 bits per heavy atom. The van der Waals surface area contributed by atoms with E-state index in [2.05, 4.69) is 4.72 Å². The molecule has 8 heteroatoms. The normalized spacial score (nSPS) is 11.8. The minimum absolute atomic E-state index is 0.00744. The van der Waals surface area contributed by atoms with Crippen molar-refractivity contribution in [3.8, 4) is 0 Å². The third-order valence-electron chi connectivity index (χ3n) is 2.75. The molecule has 3 N–H and O–H groups in total. The lowest BCUT2D eigenvalue weighted by atomic mass is 10.1. The minimum atomic E-state index is -3.82. The number of non-ortho nitro benzene ring substituents is 1. The van der Waals surface area contributed by atoms with Crippen LogP contribution in [0.5, 0.6) is 0 Å². The van der Waals surface area contributed by atoms with Crippen molar-refractivity contribution >= 4 is 21.4 Å². The maximum absolute atomic E-state index is 12.1. The second-order valence-electron chi connectivity index (χ2n) is 4.91. The van der Waals surface area contributed by atoms with E-state index in [0.29, 0.717) is 12.3 Å². The van der Waals surface area contributed by atoms with Crippen LogP contribution in [0.1, 0.15) is 26.7 Å². The Bertz CT molecular complexity index is 584. The average molecular weight is 301 g/mol. The highest BCUT2D eigenvalue weighted by atomic mass is 32.2. The molecule has 0 spiro atoms. The molecule has 0 radical (unpaired) electrons. The number of anilines is 1. The predicted molar refractivity (Wildman–Crippen MR) is 76.8 cm³/mol. The molecule has 1 aromatic rings. The van der Waals surface area contributed by atoms with Crippen LogP contribution in [-0.2, 0) is 10.0 Å². The summed E-state index contributed by atoms with van der Waals surface area (Å²) >= 11 is 0. The molecule has 0 unspecified atom stereocenters. The molecule has 0 bridgehead atoms. The van der Waals surface area contributed by atoms with Crippen LogP contribution in [-0.4, -0.2) is 19.9 Å². The van der Waals surface area contributed by atoms with E-state index in [-0.39, 0.29) is 22.8 Å². The monoisotopic (exact) mass is 301 g/mol. The molecule has 0 fully saturated rings. The van der Waals surface area contributed by atoms with E-state index in [1.165, 1.54) is 12.1 Å². The fourth-order valence-electron chi connectivity index (χ4n) is 1.66. The first kappa shape index (κ1) is 16.4. The molecule has 0 saturated carbocycles. The van der Waals surface area contributed by atoms with E-state index >= 15 is 0 Å². The second kappa shape index (κ2) is 6.67. The molecular formula is C12H19N3O4S. The van der Waals surface area contributed by atoms with Gasteiger partial charge in [0.05, 0.1) is 10.6 Å². The van der Waals surface area contributed by atoms with Gasteiger partial charge in [0.2, 0.25) is 10.0 Å². The summed E-state index contributed by atoms with van der Waals surface area (Å²) in [6, 6.07) is 3.37. The molecule has 0 aliphatic heterocycles. The van der Waals surface area contributed by atoms with Gasteiger partial charge >= 0.3 is 0 Å². The van der Waals surface area contributed by atoms with Gasteiger partial charge in [-0.3, -0.25) is 10.1 Å². The fourth-order valence-corrected chi connectivity index (χ4v) is 2.89. The van der Waals surface area contributed by atoms with Crippen molar-refractivity contribution in [3.63, 3.8) is 0 Å². The van der Waals surface area contributed by atoms with E-state index in [9.17, 15) is 18.5 Å². The number of benzene rings is 1. The number of nitro groups is 1. The molecule has 1 aromatic carbocycles. The average Bonchev–Trinajstić information content (AvgIpc) is 2.34. The van der Waals surface area contributed by atoms with Crippen molar-refractivity contribution in [1.82, 2.24) is 4.72 Å². The summed E-state index contributed by atoms with van der Waals surface area (Å²) in [6.07, 6.45) is 1.60. The quantitative estimate of drug-likeness (QED) is 0.345. The smallest absolute Gasteiger partial charge is 0.270 e. The van der Waals surface area contributed by atoms with Crippen LogP contribution in [0.2, 0.25) is 0 Å². The Balaban J connectivity index is 2.86. The van der Waals surface area contributed by atoms with Crippen LogP contribution in [0, 0.1) is 16.0 Å². The maximum Gasteiger partial charge on any atom is 0.270 e. The summed E-state index contributed by atoms with van der Waals surface area (Å²) in [4.78, 5) is 9.77. The molecule has 0 atom stereocenters. The van der Waals surface area contributed by atoms with Gasteiger partial charge in [-0.15, -0.1) is 0 Å². The van der Waals surface area contributed by atoms with Gasteiger partial charge in [0.25, 0.3) is 5.69 Å². The number of hydrogen-bond donors (Lipinski definition) is 2. The van der Waals surface area contributed by atoms with Gasteiger partial charge < -0.3 is 5.73 Å². The number of nitrogens with two attached hydrogens (primary N) is 1. The van der Waals surface area contributed by atoms with Gasteiger partial charge in [0, 0.05) is 18.7 Å². The van der Waals surface area contributed by atoms with Crippen LogP contribution in [0.4, 0.5) is 11.4 Å². The standard InChI is InChI=1S/C12H19N3O4S/c1-9(2)4-3-7-14-20(18,19)12-8-10(15(16)17)5-6-11(12)13/h5-6,8-9,14H,3-4,7,13H2,1-2H3. The summed E-state index contributed by atoms with van der Waals surface area (Å²) in [6.45, 7) is 4.38. The number of sulfonamides is 1. The SMILES string of the molecule is CC(C)CCCNS(=O)(=O)c1cc([N+](=O)[O-])ccc1N. The van der Waals surface area contributed by atoms with Crippen LogP contribution in [0.15, 0.2) is 23.1 Å². The van der Waals surface area contributed by atoms with Gasteiger partial charge in [0.1, 0.15) is 4.90 Å². The van der Waals surface area contributed by atoms with Crippen LogP contribution < -0.4 is 10.5 Å². The summed E-state index contributed by atoms with van der Waals surface area (Å²) in [7, 11) is -3.82. The highest BCUT2D eigenvalue weighted by Gasteiger charge is 2.20. The lowest BCUT2D eigenvalue weighted by Crippen LogP contribution is -2.26. The molecule has 0 saturated heterocycles. The van der Waals surface area contributed by atoms with Crippen molar-refractivity contribution in [1.29, 1.82) is 0 Å². The molecule has 20 heavy (non-hydrogen) atoms. The Morgan fingerprint density at radius 3 is 2.60 bits per heavy atom. The molecular weight excluding hydrogens is 282 g/mol. The third-order valence-corrected chi connectivity index (χ3v) is 4.26. The van der Waals surface area contributed by atoms with Crippen LogP contribution >= 0.6 is 0 Å². The minimum Gasteiger partial charge on any atom is -0.398 e. The van der Waals surface area contributed by atoms with Crippen LogP contribution in [0.25, 0.3) is 0 Å². The maximum atomic E-state index is 12.1. The number of hydrogen-bond acceptors (Lipinski definition) is 5. The van der Waals surface area contributed by atoms with Crippen LogP contribution in [0.3, 0.4) is 0 Å². The number of nitrogens with zero attached hydrogens (tertiary/aromatic N) is 1. The first-order chi connectivity index (χ1) is 9.24. The Labute approximate surface area is 118 Å². The highest BCUT2D eigenvalue weighted by molar-refractivity contribution is 7.89. The number of rotatable bonds is 7. The van der Waals surface area contributed by atoms with Gasteiger partial charge in [-0.05, 0) is 24.8 Å². The second-order valence-corrected chi connectivity index (χ2v) is 6.65. The first-order valence-corrected chi connectivity index (χ1v) is 7.76. The van der Waals surface area contributed by atoms with Gasteiger partial charge in [-0.2, -0.15) is 0 Å². The zero-order chi connectivity index (χ0) is 15.3. The summed E-state index contributed by atoms with van der Waals surface area (Å²) < 4.78 is 26.5. The lowest BCUT2D eigenvalue weighted by Gasteiger charge is -2.09. The largest absolute Gasteiger partial charge is 0.398 e. The zero-order valence-corrected chi connectivity index (χ0v) is 12.3. The summed E-state index contributed by atoms with van der Waals surface area (Å²) in [5, 5.41) is 10.7. The molecule has 0 aliphatic rings. The first-order valence-electron chi connectivity index (χ1n) is 6.27. The van der Waals surface area contributed by atoms with Crippen molar-refractivity contribution in [2.45, 2.75) is 31.6 Å². The molecule has 1 rings (SSSR count). The molecule has 0 aromatic heterocycles. The Morgan fingerprint density at radius 1 is 1.40 bits per heavy atom. The lowest BCUT2D eigenvalue weighted by molar-refractivity contribution is -0.385. The molecule has 0 amide bonds. The van der Waals surface area contributed by atoms with E-state index in [4.69, 9.17) is 5.73 Å². The third kappa shape index (κ3) is 4.46. The topological polar surface area (TPSA) is 115 Å². The van der Waals surface area contributed by atoms with E-state index in [0.717, 1.165) is 12.5 Å². The fraction of sp³-hybridized carbons (Fsp3) is 0.500.